The molecule has 0 aliphatic carbocycles. The summed E-state index contributed by atoms with van der Waals surface area (Å²) in [6.45, 7) is 5.30. The van der Waals surface area contributed by atoms with Crippen LogP contribution in [0.15, 0.2) is 60.7 Å². The number of unbranched alkanes of at least 4 members (excludes halogenated alkanes) is 10. The number of aliphatic hydroxyl groups excluding tert-OH is 2. The molecular formula is C40H56B2O4. The van der Waals surface area contributed by atoms with Crippen LogP contribution in [0.2, 0.25) is 0 Å². The Morgan fingerprint density at radius 3 is 1.26 bits per heavy atom. The molecule has 0 aliphatic heterocycles. The fourth-order valence-electron chi connectivity index (χ4n) is 6.94. The standard InChI is InChI=1S/C40H56B2O4/c1-3-5-7-9-11-13-19-31-29-37(41-45-27-25-43)33-21-15-17-23-35(33)39(31)40-32(20-14-12-10-8-6-4-2)30-38(42-46-28-26-44)34-22-16-18-24-36(34)40/h15-18,21-24,29-30,41-44H,3-14,19-20,25-28H2,1-2H3. The van der Waals surface area contributed by atoms with Gasteiger partial charge in [0.1, 0.15) is 0 Å². The summed E-state index contributed by atoms with van der Waals surface area (Å²) in [4.78, 5) is 0. The Kier molecular flexibility index (Phi) is 16.2. The quantitative estimate of drug-likeness (QED) is 0.0667. The van der Waals surface area contributed by atoms with Gasteiger partial charge in [-0.05, 0) is 80.4 Å². The van der Waals surface area contributed by atoms with Gasteiger partial charge in [0.05, 0.1) is 26.4 Å². The van der Waals surface area contributed by atoms with Crippen LogP contribution in [0.1, 0.15) is 102 Å². The molecular weight excluding hydrogens is 566 g/mol. The summed E-state index contributed by atoms with van der Waals surface area (Å²) < 4.78 is 11.8. The van der Waals surface area contributed by atoms with Crippen molar-refractivity contribution in [3.8, 4) is 11.1 Å². The lowest BCUT2D eigenvalue weighted by molar-refractivity contribution is 0.209. The molecule has 2 N–H and O–H groups in total. The molecule has 0 bridgehead atoms. The van der Waals surface area contributed by atoms with Crippen LogP contribution in [-0.2, 0) is 22.2 Å². The molecule has 0 spiro atoms. The van der Waals surface area contributed by atoms with E-state index in [1.807, 2.05) is 0 Å². The van der Waals surface area contributed by atoms with E-state index in [9.17, 15) is 10.2 Å². The van der Waals surface area contributed by atoms with E-state index in [2.05, 4.69) is 74.5 Å². The number of benzene rings is 4. The van der Waals surface area contributed by atoms with E-state index in [0.717, 1.165) is 12.8 Å². The molecule has 0 saturated carbocycles. The van der Waals surface area contributed by atoms with Gasteiger partial charge in [-0.1, -0.05) is 139 Å². The van der Waals surface area contributed by atoms with Crippen molar-refractivity contribution in [2.45, 2.75) is 104 Å². The highest BCUT2D eigenvalue weighted by Crippen LogP contribution is 2.39. The van der Waals surface area contributed by atoms with Gasteiger partial charge in [0.15, 0.2) is 0 Å². The van der Waals surface area contributed by atoms with Crippen molar-refractivity contribution < 1.29 is 19.5 Å². The second kappa shape index (κ2) is 20.6. The zero-order chi connectivity index (χ0) is 32.4. The molecule has 46 heavy (non-hydrogen) atoms. The van der Waals surface area contributed by atoms with Gasteiger partial charge in [0, 0.05) is 0 Å². The Balaban J connectivity index is 1.87. The molecule has 0 radical (unpaired) electrons. The van der Waals surface area contributed by atoms with E-state index in [1.54, 1.807) is 0 Å². The summed E-state index contributed by atoms with van der Waals surface area (Å²) >= 11 is 0. The lowest BCUT2D eigenvalue weighted by Crippen LogP contribution is -2.23. The van der Waals surface area contributed by atoms with Crippen molar-refractivity contribution >= 4 is 47.4 Å². The van der Waals surface area contributed by atoms with Crippen molar-refractivity contribution in [3.63, 3.8) is 0 Å². The number of hydrogen-bond acceptors (Lipinski definition) is 4. The third kappa shape index (κ3) is 10.2. The Morgan fingerprint density at radius 2 is 0.870 bits per heavy atom. The van der Waals surface area contributed by atoms with Gasteiger partial charge >= 0.3 is 15.0 Å². The number of fused-ring (bicyclic) bond motifs is 2. The molecule has 0 atom stereocenters. The fourth-order valence-corrected chi connectivity index (χ4v) is 6.94. The van der Waals surface area contributed by atoms with E-state index in [4.69, 9.17) is 9.31 Å². The summed E-state index contributed by atoms with van der Waals surface area (Å²) in [5.74, 6) is 0. The Morgan fingerprint density at radius 1 is 0.500 bits per heavy atom. The lowest BCUT2D eigenvalue weighted by Gasteiger charge is -2.23. The largest absolute Gasteiger partial charge is 0.432 e. The van der Waals surface area contributed by atoms with Crippen molar-refractivity contribution in [1.82, 2.24) is 0 Å². The average molecular weight is 623 g/mol. The van der Waals surface area contributed by atoms with E-state index >= 15 is 0 Å². The fraction of sp³-hybridized carbons (Fsp3) is 0.500. The first-order valence-electron chi connectivity index (χ1n) is 18.2. The van der Waals surface area contributed by atoms with Gasteiger partial charge in [-0.2, -0.15) is 0 Å². The summed E-state index contributed by atoms with van der Waals surface area (Å²) in [5.41, 5.74) is 7.94. The summed E-state index contributed by atoms with van der Waals surface area (Å²) in [6.07, 6.45) is 17.3. The third-order valence-corrected chi connectivity index (χ3v) is 9.26. The number of aryl methyl sites for hydroxylation is 2. The maximum absolute atomic E-state index is 9.42. The molecule has 4 nitrogen and oxygen atoms in total. The van der Waals surface area contributed by atoms with Gasteiger partial charge in [-0.3, -0.25) is 0 Å². The first-order valence-corrected chi connectivity index (χ1v) is 18.2. The average Bonchev–Trinajstić information content (AvgIpc) is 3.08. The van der Waals surface area contributed by atoms with Gasteiger partial charge in [0.2, 0.25) is 0 Å². The molecule has 4 aromatic rings. The van der Waals surface area contributed by atoms with Gasteiger partial charge < -0.3 is 19.5 Å². The third-order valence-electron chi connectivity index (χ3n) is 9.26. The van der Waals surface area contributed by atoms with E-state index in [1.165, 1.54) is 132 Å². The molecule has 0 aliphatic rings. The molecule has 246 valence electrons. The molecule has 0 aromatic heterocycles. The van der Waals surface area contributed by atoms with Crippen LogP contribution >= 0.6 is 0 Å². The summed E-state index contributed by atoms with van der Waals surface area (Å²) in [7, 11) is 0.995. The van der Waals surface area contributed by atoms with Crippen LogP contribution in [-0.4, -0.2) is 51.6 Å². The lowest BCUT2D eigenvalue weighted by atomic mass is 9.74. The molecule has 0 saturated heterocycles. The first-order chi connectivity index (χ1) is 22.7. The van der Waals surface area contributed by atoms with Crippen LogP contribution in [0.5, 0.6) is 0 Å². The predicted molar refractivity (Wildman–Crippen MR) is 201 cm³/mol. The monoisotopic (exact) mass is 622 g/mol. The van der Waals surface area contributed by atoms with Crippen molar-refractivity contribution in [2.75, 3.05) is 26.4 Å². The van der Waals surface area contributed by atoms with E-state index in [0.29, 0.717) is 28.2 Å². The van der Waals surface area contributed by atoms with Crippen LogP contribution in [0.4, 0.5) is 0 Å². The molecule has 0 amide bonds. The number of aliphatic hydroxyl groups is 2. The number of rotatable bonds is 23. The van der Waals surface area contributed by atoms with Crippen LogP contribution in [0, 0.1) is 0 Å². The Hall–Kier alpha value is -2.63. The van der Waals surface area contributed by atoms with Crippen LogP contribution in [0.3, 0.4) is 0 Å². The topological polar surface area (TPSA) is 58.9 Å². The summed E-state index contributed by atoms with van der Waals surface area (Å²) in [5, 5.41) is 23.9. The van der Waals surface area contributed by atoms with Gasteiger partial charge in [0.25, 0.3) is 0 Å². The second-order valence-corrected chi connectivity index (χ2v) is 12.8. The van der Waals surface area contributed by atoms with E-state index < -0.39 is 0 Å². The van der Waals surface area contributed by atoms with Crippen molar-refractivity contribution in [3.05, 3.63) is 71.8 Å². The predicted octanol–water partition coefficient (Wildman–Crippen LogP) is 7.44. The Labute approximate surface area is 279 Å². The van der Waals surface area contributed by atoms with Gasteiger partial charge in [-0.25, -0.2) is 0 Å². The second-order valence-electron chi connectivity index (χ2n) is 12.8. The molecule has 4 aromatic carbocycles. The highest BCUT2D eigenvalue weighted by Gasteiger charge is 2.21. The van der Waals surface area contributed by atoms with Crippen molar-refractivity contribution in [2.24, 2.45) is 0 Å². The van der Waals surface area contributed by atoms with Crippen LogP contribution in [0.25, 0.3) is 32.7 Å². The molecule has 6 heteroatoms. The zero-order valence-electron chi connectivity index (χ0n) is 28.6. The molecule has 0 fully saturated rings. The highest BCUT2D eigenvalue weighted by molar-refractivity contribution is 6.52. The summed E-state index contributed by atoms with van der Waals surface area (Å²) in [6, 6.07) is 22.5. The molecule has 0 heterocycles. The van der Waals surface area contributed by atoms with Gasteiger partial charge in [-0.15, -0.1) is 0 Å². The maximum Gasteiger partial charge on any atom is 0.309 e. The highest BCUT2D eigenvalue weighted by atomic mass is 16.4. The van der Waals surface area contributed by atoms with E-state index in [-0.39, 0.29) is 13.2 Å². The zero-order valence-corrected chi connectivity index (χ0v) is 28.6. The normalized spacial score (nSPS) is 11.5. The first kappa shape index (κ1) is 36.2. The SMILES string of the molecule is CCCCCCCCc1cc(BOCCO)c2ccccc2c1-c1c(CCCCCCCC)cc(BOCCO)c2ccccc12. The Bertz CT molecular complexity index is 1360. The number of hydrogen-bond donors (Lipinski definition) is 2. The molecule has 4 rings (SSSR count). The minimum absolute atomic E-state index is 0.0306. The minimum Gasteiger partial charge on any atom is -0.432 e. The smallest absolute Gasteiger partial charge is 0.309 e. The van der Waals surface area contributed by atoms with Crippen molar-refractivity contribution in [1.29, 1.82) is 0 Å². The van der Waals surface area contributed by atoms with Crippen LogP contribution < -0.4 is 10.9 Å². The maximum atomic E-state index is 9.42. The minimum atomic E-state index is 0.0306. The molecule has 0 unspecified atom stereocenters.